The van der Waals surface area contributed by atoms with Gasteiger partial charge in [-0.3, -0.25) is 4.79 Å². The van der Waals surface area contributed by atoms with Crippen LogP contribution in [0.3, 0.4) is 0 Å². The monoisotopic (exact) mass is 434 g/mol. The molecule has 0 fully saturated rings. The Morgan fingerprint density at radius 1 is 1.10 bits per heavy atom. The summed E-state index contributed by atoms with van der Waals surface area (Å²) in [6, 6.07) is 12.3. The second-order valence-electron chi connectivity index (χ2n) is 6.78. The number of hydrogen-bond donors (Lipinski definition) is 2. The molecule has 4 rings (SSSR count). The van der Waals surface area contributed by atoms with Gasteiger partial charge in [0.1, 0.15) is 0 Å². The van der Waals surface area contributed by atoms with Gasteiger partial charge in [0.05, 0.1) is 30.7 Å². The van der Waals surface area contributed by atoms with Gasteiger partial charge in [-0.05, 0) is 30.2 Å². The summed E-state index contributed by atoms with van der Waals surface area (Å²) in [6.45, 7) is 0.663. The number of nitrogens with one attached hydrogen (secondary N) is 2. The summed E-state index contributed by atoms with van der Waals surface area (Å²) in [6.07, 6.45) is 1.54. The number of carbonyl (C=O) groups excluding carboxylic acids is 1. The smallest absolute Gasteiger partial charge is 0.241 e. The van der Waals surface area contributed by atoms with Crippen LogP contribution in [-0.2, 0) is 14.8 Å². The molecule has 154 valence electrons. The van der Waals surface area contributed by atoms with Crippen LogP contribution in [0.4, 0.5) is 0 Å². The lowest BCUT2D eigenvalue weighted by Gasteiger charge is -2.25. The van der Waals surface area contributed by atoms with E-state index in [2.05, 4.69) is 10.0 Å². The molecule has 2 aliphatic heterocycles. The zero-order valence-corrected chi connectivity index (χ0v) is 17.4. The van der Waals surface area contributed by atoms with Gasteiger partial charge < -0.3 is 14.8 Å². The highest BCUT2D eigenvalue weighted by molar-refractivity contribution is 7.99. The molecule has 7 nitrogen and oxygen atoms in total. The van der Waals surface area contributed by atoms with E-state index in [0.717, 1.165) is 29.1 Å². The summed E-state index contributed by atoms with van der Waals surface area (Å²) >= 11 is 1.76. The van der Waals surface area contributed by atoms with Gasteiger partial charge in [-0.2, -0.15) is 0 Å². The number of fused-ring (bicyclic) bond motifs is 2. The molecule has 29 heavy (non-hydrogen) atoms. The Morgan fingerprint density at radius 2 is 1.90 bits per heavy atom. The van der Waals surface area contributed by atoms with Crippen molar-refractivity contribution in [3.05, 3.63) is 48.0 Å². The molecule has 0 spiro atoms. The summed E-state index contributed by atoms with van der Waals surface area (Å²) < 4.78 is 38.7. The van der Waals surface area contributed by atoms with Crippen LogP contribution in [0.2, 0.25) is 0 Å². The molecule has 2 aliphatic rings. The molecule has 1 atom stereocenters. The maximum atomic E-state index is 12.6. The van der Waals surface area contributed by atoms with Crippen molar-refractivity contribution in [1.29, 1.82) is 0 Å². The molecule has 0 aliphatic carbocycles. The lowest BCUT2D eigenvalue weighted by Crippen LogP contribution is -2.39. The number of amides is 1. The first-order chi connectivity index (χ1) is 14.0. The fourth-order valence-corrected chi connectivity index (χ4v) is 5.41. The minimum atomic E-state index is -3.85. The van der Waals surface area contributed by atoms with Crippen molar-refractivity contribution >= 4 is 27.7 Å². The molecule has 1 amide bonds. The number of carbonyl (C=O) groups is 1. The minimum Gasteiger partial charge on any atom is -0.490 e. The summed E-state index contributed by atoms with van der Waals surface area (Å²) in [7, 11) is -3.85. The molecule has 2 N–H and O–H groups in total. The third kappa shape index (κ3) is 4.68. The highest BCUT2D eigenvalue weighted by Crippen LogP contribution is 2.35. The largest absolute Gasteiger partial charge is 0.490 e. The molecule has 2 heterocycles. The molecule has 2 aromatic carbocycles. The van der Waals surface area contributed by atoms with E-state index in [-0.39, 0.29) is 23.4 Å². The van der Waals surface area contributed by atoms with Crippen LogP contribution < -0.4 is 19.5 Å². The standard InChI is InChI=1S/C20H22N2O5S2/c23-20(22-16-8-11-28-19-5-2-1-4-15(16)19)13-21-29(24,25)14-6-7-17-18(12-14)27-10-3-9-26-17/h1-2,4-7,12,16,21H,3,8-11,13H2,(H,22,23)/t16-/m0/s1. The highest BCUT2D eigenvalue weighted by atomic mass is 32.2. The normalized spacial score (nSPS) is 18.4. The summed E-state index contributed by atoms with van der Waals surface area (Å²) in [5.41, 5.74) is 1.07. The quantitative estimate of drug-likeness (QED) is 0.751. The summed E-state index contributed by atoms with van der Waals surface area (Å²) in [5, 5.41) is 2.93. The van der Waals surface area contributed by atoms with Crippen LogP contribution >= 0.6 is 11.8 Å². The van der Waals surface area contributed by atoms with Crippen molar-refractivity contribution in [2.24, 2.45) is 0 Å². The number of hydrogen-bond acceptors (Lipinski definition) is 6. The lowest BCUT2D eigenvalue weighted by molar-refractivity contribution is -0.120. The highest BCUT2D eigenvalue weighted by Gasteiger charge is 2.23. The zero-order chi connectivity index (χ0) is 20.3. The van der Waals surface area contributed by atoms with Gasteiger partial charge in [-0.15, -0.1) is 11.8 Å². The molecule has 9 heteroatoms. The van der Waals surface area contributed by atoms with E-state index in [1.807, 2.05) is 24.3 Å². The van der Waals surface area contributed by atoms with Crippen molar-refractivity contribution in [2.75, 3.05) is 25.5 Å². The van der Waals surface area contributed by atoms with E-state index in [4.69, 9.17) is 9.47 Å². The van der Waals surface area contributed by atoms with E-state index in [1.54, 1.807) is 17.8 Å². The fraction of sp³-hybridized carbons (Fsp3) is 0.350. The second kappa shape index (κ2) is 8.64. The van der Waals surface area contributed by atoms with Gasteiger partial charge in [0, 0.05) is 23.1 Å². The van der Waals surface area contributed by atoms with E-state index in [1.165, 1.54) is 12.1 Å². The average molecular weight is 435 g/mol. The van der Waals surface area contributed by atoms with E-state index >= 15 is 0 Å². The third-order valence-electron chi connectivity index (χ3n) is 4.75. The summed E-state index contributed by atoms with van der Waals surface area (Å²) in [5.74, 6) is 1.46. The van der Waals surface area contributed by atoms with Crippen LogP contribution in [-0.4, -0.2) is 39.8 Å². The van der Waals surface area contributed by atoms with Gasteiger partial charge in [-0.25, -0.2) is 13.1 Å². The van der Waals surface area contributed by atoms with Crippen molar-refractivity contribution in [2.45, 2.75) is 28.7 Å². The van der Waals surface area contributed by atoms with Crippen molar-refractivity contribution in [1.82, 2.24) is 10.0 Å². The van der Waals surface area contributed by atoms with E-state index < -0.39 is 10.0 Å². The van der Waals surface area contributed by atoms with Crippen molar-refractivity contribution in [3.8, 4) is 11.5 Å². The lowest BCUT2D eigenvalue weighted by atomic mass is 10.0. The van der Waals surface area contributed by atoms with Crippen molar-refractivity contribution < 1.29 is 22.7 Å². The predicted molar refractivity (Wildman–Crippen MR) is 110 cm³/mol. The molecule has 0 bridgehead atoms. The number of benzene rings is 2. The first kappa shape index (κ1) is 20.1. The third-order valence-corrected chi connectivity index (χ3v) is 7.27. The topological polar surface area (TPSA) is 93.7 Å². The second-order valence-corrected chi connectivity index (χ2v) is 9.68. The molecule has 0 unspecified atom stereocenters. The Labute approximate surface area is 174 Å². The van der Waals surface area contributed by atoms with Crippen LogP contribution in [0, 0.1) is 0 Å². The first-order valence-corrected chi connectivity index (χ1v) is 11.9. The van der Waals surface area contributed by atoms with Gasteiger partial charge in [0.25, 0.3) is 0 Å². The zero-order valence-electron chi connectivity index (χ0n) is 15.7. The number of rotatable bonds is 5. The van der Waals surface area contributed by atoms with Gasteiger partial charge in [0.2, 0.25) is 15.9 Å². The Balaban J connectivity index is 1.40. The number of sulfonamides is 1. The molecule has 0 radical (unpaired) electrons. The molecular weight excluding hydrogens is 412 g/mol. The Morgan fingerprint density at radius 3 is 2.76 bits per heavy atom. The number of thioether (sulfide) groups is 1. The molecule has 0 saturated heterocycles. The predicted octanol–water partition coefficient (Wildman–Crippen LogP) is 2.48. The van der Waals surface area contributed by atoms with Gasteiger partial charge in [-0.1, -0.05) is 18.2 Å². The van der Waals surface area contributed by atoms with E-state index in [9.17, 15) is 13.2 Å². The molecule has 2 aromatic rings. The SMILES string of the molecule is O=C(CNS(=O)(=O)c1ccc2c(c1)OCCCO2)N[C@H]1CCSc2ccccc21. The molecule has 0 saturated carbocycles. The van der Waals surface area contributed by atoms with Crippen LogP contribution in [0.5, 0.6) is 11.5 Å². The van der Waals surface area contributed by atoms with Gasteiger partial charge in [0.15, 0.2) is 11.5 Å². The van der Waals surface area contributed by atoms with Crippen LogP contribution in [0.1, 0.15) is 24.4 Å². The minimum absolute atomic E-state index is 0.0361. The fourth-order valence-electron chi connectivity index (χ4n) is 3.29. The molecular formula is C20H22N2O5S2. The Kier molecular flexibility index (Phi) is 5.98. The number of ether oxygens (including phenoxy) is 2. The van der Waals surface area contributed by atoms with Gasteiger partial charge >= 0.3 is 0 Å². The Hall–Kier alpha value is -2.23. The maximum Gasteiger partial charge on any atom is 0.241 e. The van der Waals surface area contributed by atoms with E-state index in [0.29, 0.717) is 24.7 Å². The van der Waals surface area contributed by atoms with Crippen LogP contribution in [0.25, 0.3) is 0 Å². The Bertz CT molecular complexity index is 1010. The first-order valence-electron chi connectivity index (χ1n) is 9.43. The summed E-state index contributed by atoms with van der Waals surface area (Å²) in [4.78, 5) is 13.6. The molecule has 0 aromatic heterocycles. The van der Waals surface area contributed by atoms with Crippen LogP contribution in [0.15, 0.2) is 52.3 Å². The maximum absolute atomic E-state index is 12.6. The average Bonchev–Trinajstić information content (AvgIpc) is 2.97. The van der Waals surface area contributed by atoms with Crippen molar-refractivity contribution in [3.63, 3.8) is 0 Å².